The van der Waals surface area contributed by atoms with Crippen molar-refractivity contribution in [1.82, 2.24) is 0 Å². The van der Waals surface area contributed by atoms with Crippen molar-refractivity contribution in [2.75, 3.05) is 17.4 Å². The van der Waals surface area contributed by atoms with Crippen LogP contribution in [0.2, 0.25) is 0 Å². The summed E-state index contributed by atoms with van der Waals surface area (Å²) >= 11 is 0. The SMILES string of the molecule is COC(=O)/C(C)=N/N1c2ccccc2NC(=O)C1C1CC1. The lowest BCUT2D eigenvalue weighted by atomic mass is 10.1. The van der Waals surface area contributed by atoms with Gasteiger partial charge in [0.1, 0.15) is 11.8 Å². The van der Waals surface area contributed by atoms with Gasteiger partial charge in [-0.15, -0.1) is 0 Å². The lowest BCUT2D eigenvalue weighted by molar-refractivity contribution is -0.132. The number of fused-ring (bicyclic) bond motifs is 1. The number of amides is 1. The Hall–Kier alpha value is -2.37. The molecule has 1 aliphatic carbocycles. The fourth-order valence-electron chi connectivity index (χ4n) is 2.54. The number of esters is 1. The average Bonchev–Trinajstić information content (AvgIpc) is 3.30. The van der Waals surface area contributed by atoms with E-state index in [0.717, 1.165) is 18.5 Å². The minimum absolute atomic E-state index is 0.0717. The molecule has 3 rings (SSSR count). The normalized spacial score (nSPS) is 21.6. The molecule has 1 aliphatic heterocycles. The van der Waals surface area contributed by atoms with Gasteiger partial charge in [-0.2, -0.15) is 5.10 Å². The molecule has 1 N–H and O–H groups in total. The number of para-hydroxylation sites is 2. The summed E-state index contributed by atoms with van der Waals surface area (Å²) in [4.78, 5) is 23.9. The molecule has 110 valence electrons. The van der Waals surface area contributed by atoms with Gasteiger partial charge in [-0.05, 0) is 37.8 Å². The zero-order chi connectivity index (χ0) is 15.0. The molecule has 1 aromatic rings. The Morgan fingerprint density at radius 3 is 2.76 bits per heavy atom. The third kappa shape index (κ3) is 2.49. The number of nitrogens with one attached hydrogen (secondary N) is 1. The molecule has 1 saturated carbocycles. The van der Waals surface area contributed by atoms with E-state index in [1.165, 1.54) is 7.11 Å². The van der Waals surface area contributed by atoms with Gasteiger partial charge >= 0.3 is 5.97 Å². The molecule has 6 heteroatoms. The lowest BCUT2D eigenvalue weighted by Crippen LogP contribution is -2.47. The second-order valence-corrected chi connectivity index (χ2v) is 5.31. The zero-order valence-corrected chi connectivity index (χ0v) is 12.0. The number of hydrogen-bond donors (Lipinski definition) is 1. The van der Waals surface area contributed by atoms with Crippen molar-refractivity contribution in [1.29, 1.82) is 0 Å². The van der Waals surface area contributed by atoms with E-state index in [1.807, 2.05) is 24.3 Å². The van der Waals surface area contributed by atoms with Crippen molar-refractivity contribution < 1.29 is 14.3 Å². The van der Waals surface area contributed by atoms with Crippen molar-refractivity contribution in [2.24, 2.45) is 11.0 Å². The van der Waals surface area contributed by atoms with Crippen molar-refractivity contribution in [3.8, 4) is 0 Å². The third-order valence-corrected chi connectivity index (χ3v) is 3.75. The van der Waals surface area contributed by atoms with Gasteiger partial charge in [0.25, 0.3) is 0 Å². The molecule has 21 heavy (non-hydrogen) atoms. The number of methoxy groups -OCH3 is 1. The summed E-state index contributed by atoms with van der Waals surface area (Å²) in [7, 11) is 1.32. The molecular formula is C15H17N3O3. The van der Waals surface area contributed by atoms with Gasteiger partial charge in [0, 0.05) is 0 Å². The maximum absolute atomic E-state index is 12.3. The van der Waals surface area contributed by atoms with Crippen LogP contribution in [0.4, 0.5) is 11.4 Å². The van der Waals surface area contributed by atoms with E-state index < -0.39 is 5.97 Å². The molecule has 0 aromatic heterocycles. The van der Waals surface area contributed by atoms with Crippen LogP contribution in [0.1, 0.15) is 19.8 Å². The molecule has 1 heterocycles. The van der Waals surface area contributed by atoms with Crippen molar-refractivity contribution >= 4 is 29.0 Å². The molecule has 6 nitrogen and oxygen atoms in total. The quantitative estimate of drug-likeness (QED) is 0.679. The van der Waals surface area contributed by atoms with E-state index in [1.54, 1.807) is 11.9 Å². The standard InChI is InChI=1S/C15H17N3O3/c1-9(15(20)21-2)17-18-12-6-4-3-5-11(12)16-14(19)13(18)10-7-8-10/h3-6,10,13H,7-8H2,1-2H3,(H,16,19)/b17-9+. The van der Waals surface area contributed by atoms with Crippen LogP contribution >= 0.6 is 0 Å². The first-order chi connectivity index (χ1) is 10.1. The number of hydrazone groups is 1. The maximum atomic E-state index is 12.3. The second kappa shape index (κ2) is 5.20. The summed E-state index contributed by atoms with van der Waals surface area (Å²) in [5, 5.41) is 8.93. The van der Waals surface area contributed by atoms with E-state index in [-0.39, 0.29) is 23.6 Å². The summed E-state index contributed by atoms with van der Waals surface area (Å²) < 4.78 is 4.68. The first-order valence-corrected chi connectivity index (χ1v) is 6.94. The van der Waals surface area contributed by atoms with Crippen LogP contribution in [0.3, 0.4) is 0 Å². The first-order valence-electron chi connectivity index (χ1n) is 6.94. The third-order valence-electron chi connectivity index (χ3n) is 3.75. The number of anilines is 2. The number of hydrogen-bond acceptors (Lipinski definition) is 5. The van der Waals surface area contributed by atoms with E-state index in [0.29, 0.717) is 5.69 Å². The highest BCUT2D eigenvalue weighted by Crippen LogP contribution is 2.42. The van der Waals surface area contributed by atoms with Gasteiger partial charge in [-0.25, -0.2) is 4.79 Å². The van der Waals surface area contributed by atoms with Gasteiger partial charge < -0.3 is 10.1 Å². The Labute approximate surface area is 122 Å². The highest BCUT2D eigenvalue weighted by atomic mass is 16.5. The van der Waals surface area contributed by atoms with Gasteiger partial charge in [0.2, 0.25) is 5.91 Å². The minimum atomic E-state index is -0.493. The number of rotatable bonds is 3. The Morgan fingerprint density at radius 1 is 1.38 bits per heavy atom. The smallest absolute Gasteiger partial charge is 0.353 e. The van der Waals surface area contributed by atoms with Gasteiger partial charge in [0.05, 0.1) is 18.5 Å². The van der Waals surface area contributed by atoms with E-state index in [9.17, 15) is 9.59 Å². The van der Waals surface area contributed by atoms with Crippen molar-refractivity contribution in [2.45, 2.75) is 25.8 Å². The predicted molar refractivity (Wildman–Crippen MR) is 79.2 cm³/mol. The summed E-state index contributed by atoms with van der Waals surface area (Å²) in [6.45, 7) is 1.59. The Morgan fingerprint density at radius 2 is 2.10 bits per heavy atom. The lowest BCUT2D eigenvalue weighted by Gasteiger charge is -2.34. The molecule has 2 aliphatic rings. The maximum Gasteiger partial charge on any atom is 0.353 e. The molecule has 0 spiro atoms. The summed E-state index contributed by atoms with van der Waals surface area (Å²) in [6.07, 6.45) is 2.01. The summed E-state index contributed by atoms with van der Waals surface area (Å²) in [5.74, 6) is -0.279. The largest absolute Gasteiger partial charge is 0.464 e. The highest BCUT2D eigenvalue weighted by Gasteiger charge is 2.44. The molecule has 1 amide bonds. The van der Waals surface area contributed by atoms with Gasteiger partial charge in [-0.1, -0.05) is 12.1 Å². The van der Waals surface area contributed by atoms with Crippen LogP contribution in [-0.2, 0) is 14.3 Å². The Bertz CT molecular complexity index is 622. The molecule has 1 unspecified atom stereocenters. The fraction of sp³-hybridized carbons (Fsp3) is 0.400. The second-order valence-electron chi connectivity index (χ2n) is 5.31. The van der Waals surface area contributed by atoms with Gasteiger partial charge in [-0.3, -0.25) is 9.80 Å². The monoisotopic (exact) mass is 287 g/mol. The molecule has 0 saturated heterocycles. The molecular weight excluding hydrogens is 270 g/mol. The summed E-state index contributed by atoms with van der Waals surface area (Å²) in [5.41, 5.74) is 1.74. The number of carbonyl (C=O) groups is 2. The predicted octanol–water partition coefficient (Wildman–Crippen LogP) is 1.77. The molecule has 0 radical (unpaired) electrons. The van der Waals surface area contributed by atoms with Gasteiger partial charge in [0.15, 0.2) is 0 Å². The van der Waals surface area contributed by atoms with E-state index in [2.05, 4.69) is 15.2 Å². The van der Waals surface area contributed by atoms with E-state index in [4.69, 9.17) is 0 Å². The molecule has 1 atom stereocenters. The number of benzene rings is 1. The number of ether oxygens (including phenoxy) is 1. The summed E-state index contributed by atoms with van der Waals surface area (Å²) in [6, 6.07) is 7.09. The van der Waals surface area contributed by atoms with Crippen LogP contribution in [-0.4, -0.2) is 30.7 Å². The average molecular weight is 287 g/mol. The Balaban J connectivity index is 2.03. The minimum Gasteiger partial charge on any atom is -0.464 e. The van der Waals surface area contributed by atoms with Crippen LogP contribution in [0.15, 0.2) is 29.4 Å². The Kier molecular flexibility index (Phi) is 3.37. The van der Waals surface area contributed by atoms with Crippen molar-refractivity contribution in [3.05, 3.63) is 24.3 Å². The van der Waals surface area contributed by atoms with E-state index >= 15 is 0 Å². The number of nitrogens with zero attached hydrogens (tertiary/aromatic N) is 2. The molecule has 1 fully saturated rings. The van der Waals surface area contributed by atoms with Crippen LogP contribution < -0.4 is 10.3 Å². The van der Waals surface area contributed by atoms with Crippen LogP contribution in [0.5, 0.6) is 0 Å². The molecule has 1 aromatic carbocycles. The topological polar surface area (TPSA) is 71.0 Å². The first kappa shape index (κ1) is 13.6. The van der Waals surface area contributed by atoms with Crippen LogP contribution in [0, 0.1) is 5.92 Å². The number of carbonyl (C=O) groups excluding carboxylic acids is 2. The fourth-order valence-corrected chi connectivity index (χ4v) is 2.54. The van der Waals surface area contributed by atoms with Crippen LogP contribution in [0.25, 0.3) is 0 Å². The van der Waals surface area contributed by atoms with Crippen molar-refractivity contribution in [3.63, 3.8) is 0 Å². The highest BCUT2D eigenvalue weighted by molar-refractivity contribution is 6.35. The zero-order valence-electron chi connectivity index (χ0n) is 12.0. The molecule has 0 bridgehead atoms.